The van der Waals surface area contributed by atoms with Crippen molar-refractivity contribution in [1.29, 1.82) is 0 Å². The first kappa shape index (κ1) is 9.13. The van der Waals surface area contributed by atoms with Gasteiger partial charge in [0, 0.05) is 6.54 Å². The minimum absolute atomic E-state index is 0.156. The molecule has 0 bridgehead atoms. The van der Waals surface area contributed by atoms with E-state index in [0.29, 0.717) is 0 Å². The van der Waals surface area contributed by atoms with Crippen molar-refractivity contribution in [3.05, 3.63) is 48.4 Å². The molecule has 0 aliphatic carbocycles. The standard InChI is InChI=1S/C12H15NO/c1-3-13-9-12(14-10(13)2)11-7-5-4-6-8-11/h4-8,12H,2-3,9H2,1H3. The summed E-state index contributed by atoms with van der Waals surface area (Å²) in [5, 5.41) is 0. The first-order valence-electron chi connectivity index (χ1n) is 4.96. The molecule has 2 rings (SSSR count). The number of hydrogen-bond acceptors (Lipinski definition) is 2. The van der Waals surface area contributed by atoms with Crippen LogP contribution in [0.1, 0.15) is 18.6 Å². The molecular weight excluding hydrogens is 174 g/mol. The topological polar surface area (TPSA) is 12.5 Å². The van der Waals surface area contributed by atoms with E-state index in [-0.39, 0.29) is 6.10 Å². The molecule has 1 aliphatic rings. The SMILES string of the molecule is C=C1OC(c2ccccc2)CN1CC. The molecule has 1 aliphatic heterocycles. The monoisotopic (exact) mass is 189 g/mol. The summed E-state index contributed by atoms with van der Waals surface area (Å²) >= 11 is 0. The first-order chi connectivity index (χ1) is 6.81. The molecule has 1 unspecified atom stereocenters. The van der Waals surface area contributed by atoms with Crippen molar-refractivity contribution in [2.45, 2.75) is 13.0 Å². The summed E-state index contributed by atoms with van der Waals surface area (Å²) < 4.78 is 5.68. The smallest absolute Gasteiger partial charge is 0.182 e. The number of nitrogens with zero attached hydrogens (tertiary/aromatic N) is 1. The summed E-state index contributed by atoms with van der Waals surface area (Å²) in [5.74, 6) is 0.793. The molecule has 0 spiro atoms. The van der Waals surface area contributed by atoms with E-state index >= 15 is 0 Å². The summed E-state index contributed by atoms with van der Waals surface area (Å²) in [6.45, 7) is 7.88. The molecule has 0 radical (unpaired) electrons. The minimum atomic E-state index is 0.156. The van der Waals surface area contributed by atoms with Gasteiger partial charge in [0.1, 0.15) is 6.10 Å². The highest BCUT2D eigenvalue weighted by Crippen LogP contribution is 2.29. The Balaban J connectivity index is 2.13. The van der Waals surface area contributed by atoms with Crippen molar-refractivity contribution in [1.82, 2.24) is 4.90 Å². The summed E-state index contributed by atoms with van der Waals surface area (Å²) in [5.41, 5.74) is 1.23. The number of ether oxygens (including phenoxy) is 1. The minimum Gasteiger partial charge on any atom is -0.470 e. The van der Waals surface area contributed by atoms with E-state index in [1.165, 1.54) is 5.56 Å². The number of rotatable bonds is 2. The fourth-order valence-electron chi connectivity index (χ4n) is 1.72. The fourth-order valence-corrected chi connectivity index (χ4v) is 1.72. The lowest BCUT2D eigenvalue weighted by atomic mass is 10.1. The predicted octanol–water partition coefficient (Wildman–Crippen LogP) is 2.55. The van der Waals surface area contributed by atoms with Gasteiger partial charge >= 0.3 is 0 Å². The van der Waals surface area contributed by atoms with Crippen LogP contribution in [0.4, 0.5) is 0 Å². The average molecular weight is 189 g/mol. The van der Waals surface area contributed by atoms with Crippen LogP contribution in [-0.2, 0) is 4.74 Å². The third-order valence-electron chi connectivity index (χ3n) is 2.57. The van der Waals surface area contributed by atoms with Crippen LogP contribution in [0.25, 0.3) is 0 Å². The highest BCUT2D eigenvalue weighted by molar-refractivity contribution is 5.20. The van der Waals surface area contributed by atoms with Crippen molar-refractivity contribution >= 4 is 0 Å². The van der Waals surface area contributed by atoms with Gasteiger partial charge in [-0.05, 0) is 19.1 Å². The van der Waals surface area contributed by atoms with Crippen LogP contribution in [0.3, 0.4) is 0 Å². The zero-order valence-electron chi connectivity index (χ0n) is 8.44. The van der Waals surface area contributed by atoms with Gasteiger partial charge < -0.3 is 9.64 Å². The Kier molecular flexibility index (Phi) is 2.44. The molecule has 1 saturated heterocycles. The molecule has 1 atom stereocenters. The van der Waals surface area contributed by atoms with E-state index in [0.717, 1.165) is 19.0 Å². The second kappa shape index (κ2) is 3.74. The Bertz CT molecular complexity index is 320. The maximum Gasteiger partial charge on any atom is 0.182 e. The van der Waals surface area contributed by atoms with Crippen LogP contribution >= 0.6 is 0 Å². The molecule has 0 aromatic heterocycles. The molecule has 0 amide bonds. The quantitative estimate of drug-likeness (QED) is 0.709. The highest BCUT2D eigenvalue weighted by Gasteiger charge is 2.26. The van der Waals surface area contributed by atoms with Crippen LogP contribution < -0.4 is 0 Å². The molecule has 1 heterocycles. The van der Waals surface area contributed by atoms with E-state index in [2.05, 4.69) is 30.5 Å². The second-order valence-corrected chi connectivity index (χ2v) is 3.45. The van der Waals surface area contributed by atoms with Crippen LogP contribution in [0.15, 0.2) is 42.8 Å². The largest absolute Gasteiger partial charge is 0.470 e. The fraction of sp³-hybridized carbons (Fsp3) is 0.333. The van der Waals surface area contributed by atoms with Gasteiger partial charge in [-0.3, -0.25) is 0 Å². The Hall–Kier alpha value is -1.44. The summed E-state index contributed by atoms with van der Waals surface area (Å²) in [6, 6.07) is 10.3. The molecule has 0 saturated carbocycles. The molecule has 1 fully saturated rings. The van der Waals surface area contributed by atoms with E-state index in [4.69, 9.17) is 4.74 Å². The van der Waals surface area contributed by atoms with E-state index < -0.39 is 0 Å². The third-order valence-corrected chi connectivity index (χ3v) is 2.57. The van der Waals surface area contributed by atoms with Gasteiger partial charge in [0.05, 0.1) is 6.54 Å². The number of likely N-dealkylation sites (N-methyl/N-ethyl adjacent to an activating group) is 1. The van der Waals surface area contributed by atoms with Gasteiger partial charge in [-0.25, -0.2) is 0 Å². The molecule has 2 nitrogen and oxygen atoms in total. The van der Waals surface area contributed by atoms with Gasteiger partial charge in [0.25, 0.3) is 0 Å². The molecule has 2 heteroatoms. The number of benzene rings is 1. The maximum atomic E-state index is 5.68. The third kappa shape index (κ3) is 1.60. The lowest BCUT2D eigenvalue weighted by Crippen LogP contribution is -2.17. The normalized spacial score (nSPS) is 21.1. The lowest BCUT2D eigenvalue weighted by molar-refractivity contribution is 0.164. The Morgan fingerprint density at radius 2 is 2.14 bits per heavy atom. The maximum absolute atomic E-state index is 5.68. The van der Waals surface area contributed by atoms with E-state index in [1.807, 2.05) is 18.2 Å². The molecule has 0 N–H and O–H groups in total. The molecular formula is C12H15NO. The van der Waals surface area contributed by atoms with Gasteiger partial charge in [0.15, 0.2) is 5.88 Å². The van der Waals surface area contributed by atoms with Crippen molar-refractivity contribution in [2.24, 2.45) is 0 Å². The van der Waals surface area contributed by atoms with Crippen molar-refractivity contribution in [3.63, 3.8) is 0 Å². The molecule has 14 heavy (non-hydrogen) atoms. The molecule has 1 aromatic carbocycles. The predicted molar refractivity (Wildman–Crippen MR) is 56.7 cm³/mol. The van der Waals surface area contributed by atoms with Gasteiger partial charge in [0.2, 0.25) is 0 Å². The highest BCUT2D eigenvalue weighted by atomic mass is 16.5. The second-order valence-electron chi connectivity index (χ2n) is 3.45. The molecule has 74 valence electrons. The van der Waals surface area contributed by atoms with Crippen molar-refractivity contribution in [3.8, 4) is 0 Å². The van der Waals surface area contributed by atoms with Crippen LogP contribution in [-0.4, -0.2) is 18.0 Å². The van der Waals surface area contributed by atoms with Crippen molar-refractivity contribution < 1.29 is 4.74 Å². The van der Waals surface area contributed by atoms with Crippen LogP contribution in [0.2, 0.25) is 0 Å². The zero-order chi connectivity index (χ0) is 9.97. The summed E-state index contributed by atoms with van der Waals surface area (Å²) in [7, 11) is 0. The lowest BCUT2D eigenvalue weighted by Gasteiger charge is -2.11. The zero-order valence-corrected chi connectivity index (χ0v) is 8.44. The Morgan fingerprint density at radius 1 is 1.43 bits per heavy atom. The van der Waals surface area contributed by atoms with Crippen molar-refractivity contribution in [2.75, 3.05) is 13.1 Å². The van der Waals surface area contributed by atoms with Gasteiger partial charge in [-0.2, -0.15) is 0 Å². The van der Waals surface area contributed by atoms with E-state index in [1.54, 1.807) is 0 Å². The Labute approximate surface area is 84.8 Å². The molecule has 1 aromatic rings. The van der Waals surface area contributed by atoms with Crippen LogP contribution in [0.5, 0.6) is 0 Å². The van der Waals surface area contributed by atoms with Gasteiger partial charge in [-0.15, -0.1) is 0 Å². The van der Waals surface area contributed by atoms with E-state index in [9.17, 15) is 0 Å². The Morgan fingerprint density at radius 3 is 2.71 bits per heavy atom. The van der Waals surface area contributed by atoms with Crippen LogP contribution in [0, 0.1) is 0 Å². The summed E-state index contributed by atoms with van der Waals surface area (Å²) in [6.07, 6.45) is 0.156. The summed E-state index contributed by atoms with van der Waals surface area (Å²) in [4.78, 5) is 2.15. The number of hydrogen-bond donors (Lipinski definition) is 0. The first-order valence-corrected chi connectivity index (χ1v) is 4.96. The average Bonchev–Trinajstić information content (AvgIpc) is 2.61. The van der Waals surface area contributed by atoms with Gasteiger partial charge in [-0.1, -0.05) is 30.3 Å².